The van der Waals surface area contributed by atoms with Crippen LogP contribution in [0.4, 0.5) is 0 Å². The predicted octanol–water partition coefficient (Wildman–Crippen LogP) is 5.73. The van der Waals surface area contributed by atoms with E-state index < -0.39 is 6.10 Å². The number of aryl methyl sites for hydroxylation is 1. The van der Waals surface area contributed by atoms with Crippen molar-refractivity contribution >= 4 is 39.8 Å². The summed E-state index contributed by atoms with van der Waals surface area (Å²) in [5, 5.41) is 25.9. The van der Waals surface area contributed by atoms with Gasteiger partial charge in [0.2, 0.25) is 0 Å². The second-order valence-electron chi connectivity index (χ2n) is 8.30. The van der Waals surface area contributed by atoms with E-state index in [0.29, 0.717) is 15.7 Å². The molecule has 0 amide bonds. The zero-order chi connectivity index (χ0) is 24.1. The molecular weight excluding hydrogens is 483 g/mol. The van der Waals surface area contributed by atoms with E-state index in [0.717, 1.165) is 44.4 Å². The average Bonchev–Trinajstić information content (AvgIpc) is 3.52. The third kappa shape index (κ3) is 3.65. The van der Waals surface area contributed by atoms with Gasteiger partial charge in [0.1, 0.15) is 6.10 Å². The summed E-state index contributed by atoms with van der Waals surface area (Å²) in [6.07, 6.45) is 2.69. The largest absolute Gasteiger partial charge is 0.384 e. The molecule has 0 aliphatic rings. The molecule has 6 aromatic rings. The van der Waals surface area contributed by atoms with Gasteiger partial charge in [-0.25, -0.2) is 4.98 Å². The minimum absolute atomic E-state index is 0.599. The first-order chi connectivity index (χ1) is 17.0. The molecule has 35 heavy (non-hydrogen) atoms. The Labute approximate surface area is 210 Å². The topological polar surface area (TPSA) is 81.1 Å². The zero-order valence-electron chi connectivity index (χ0n) is 18.5. The Morgan fingerprint density at radius 3 is 2.43 bits per heavy atom. The monoisotopic (exact) mass is 500 g/mol. The number of benzene rings is 3. The standard InChI is InChI=1S/C26H18Cl2N6O/c1-33-14-29-13-22(33)24-23(16-3-2-4-19(28)11-16)20-12-17(25(35)15-5-8-18(27)9-6-15)7-10-21(20)34-26(24)30-31-32-34/h2-14,25,35H,1H3. The van der Waals surface area contributed by atoms with Crippen molar-refractivity contribution in [3.05, 3.63) is 100 Å². The van der Waals surface area contributed by atoms with E-state index in [9.17, 15) is 5.11 Å². The zero-order valence-corrected chi connectivity index (χ0v) is 20.0. The Kier molecular flexibility index (Phi) is 5.25. The summed E-state index contributed by atoms with van der Waals surface area (Å²) in [5.41, 5.74) is 6.36. The number of tetrazole rings is 1. The molecule has 3 aromatic carbocycles. The van der Waals surface area contributed by atoms with Gasteiger partial charge in [-0.3, -0.25) is 0 Å². The Morgan fingerprint density at radius 1 is 0.886 bits per heavy atom. The van der Waals surface area contributed by atoms with E-state index in [1.807, 2.05) is 66.2 Å². The van der Waals surface area contributed by atoms with Gasteiger partial charge in [-0.2, -0.15) is 4.52 Å². The number of hydrogen-bond donors (Lipinski definition) is 1. The van der Waals surface area contributed by atoms with Gasteiger partial charge in [0, 0.05) is 28.0 Å². The summed E-state index contributed by atoms with van der Waals surface area (Å²) in [7, 11) is 1.93. The van der Waals surface area contributed by atoms with Gasteiger partial charge in [0.25, 0.3) is 0 Å². The summed E-state index contributed by atoms with van der Waals surface area (Å²) >= 11 is 12.5. The fourth-order valence-corrected chi connectivity index (χ4v) is 4.80. The van der Waals surface area contributed by atoms with Crippen LogP contribution in [0.1, 0.15) is 17.2 Å². The molecule has 0 saturated carbocycles. The van der Waals surface area contributed by atoms with Crippen LogP contribution >= 0.6 is 23.2 Å². The molecule has 0 radical (unpaired) electrons. The van der Waals surface area contributed by atoms with Crippen molar-refractivity contribution < 1.29 is 5.11 Å². The molecule has 1 atom stereocenters. The van der Waals surface area contributed by atoms with Crippen molar-refractivity contribution in [2.45, 2.75) is 6.10 Å². The SMILES string of the molecule is Cn1cncc1-c1c(-c2cccc(Cl)c2)c2cc(C(O)c3ccc(Cl)cc3)ccc2n2nnnc12. The molecule has 3 heterocycles. The minimum Gasteiger partial charge on any atom is -0.384 e. The van der Waals surface area contributed by atoms with Crippen molar-refractivity contribution in [2.24, 2.45) is 7.05 Å². The van der Waals surface area contributed by atoms with Crippen LogP contribution in [0.2, 0.25) is 10.0 Å². The van der Waals surface area contributed by atoms with Gasteiger partial charge < -0.3 is 9.67 Å². The predicted molar refractivity (Wildman–Crippen MR) is 136 cm³/mol. The van der Waals surface area contributed by atoms with Gasteiger partial charge in [-0.05, 0) is 63.5 Å². The molecule has 9 heteroatoms. The molecule has 0 fully saturated rings. The van der Waals surface area contributed by atoms with Crippen LogP contribution in [0.15, 0.2) is 79.3 Å². The van der Waals surface area contributed by atoms with E-state index in [4.69, 9.17) is 23.2 Å². The number of fused-ring (bicyclic) bond motifs is 3. The molecule has 3 aromatic heterocycles. The lowest BCUT2D eigenvalue weighted by molar-refractivity contribution is 0.220. The summed E-state index contributed by atoms with van der Waals surface area (Å²) in [6.45, 7) is 0. The quantitative estimate of drug-likeness (QED) is 0.334. The first kappa shape index (κ1) is 21.7. The maximum absolute atomic E-state index is 11.2. The highest BCUT2D eigenvalue weighted by Gasteiger charge is 2.23. The van der Waals surface area contributed by atoms with Gasteiger partial charge in [-0.15, -0.1) is 5.10 Å². The Morgan fingerprint density at radius 2 is 1.69 bits per heavy atom. The van der Waals surface area contributed by atoms with Crippen molar-refractivity contribution in [1.82, 2.24) is 29.6 Å². The van der Waals surface area contributed by atoms with Crippen molar-refractivity contribution in [1.29, 1.82) is 0 Å². The van der Waals surface area contributed by atoms with Gasteiger partial charge >= 0.3 is 0 Å². The van der Waals surface area contributed by atoms with Crippen LogP contribution in [-0.4, -0.2) is 34.7 Å². The number of halogens is 2. The van der Waals surface area contributed by atoms with Gasteiger partial charge in [0.05, 0.1) is 29.3 Å². The number of hydrogen-bond acceptors (Lipinski definition) is 5. The highest BCUT2D eigenvalue weighted by atomic mass is 35.5. The normalized spacial score (nSPS) is 12.5. The smallest absolute Gasteiger partial charge is 0.189 e. The van der Waals surface area contributed by atoms with Crippen molar-refractivity contribution in [2.75, 3.05) is 0 Å². The van der Waals surface area contributed by atoms with E-state index >= 15 is 0 Å². The van der Waals surface area contributed by atoms with Crippen molar-refractivity contribution in [3.63, 3.8) is 0 Å². The molecule has 0 bridgehead atoms. The van der Waals surface area contributed by atoms with Crippen LogP contribution < -0.4 is 0 Å². The Bertz CT molecular complexity index is 1710. The number of aromatic nitrogens is 6. The molecule has 1 N–H and O–H groups in total. The fraction of sp³-hybridized carbons (Fsp3) is 0.0769. The Hall–Kier alpha value is -3.78. The minimum atomic E-state index is -0.839. The third-order valence-electron chi connectivity index (χ3n) is 6.15. The maximum atomic E-state index is 11.2. The second kappa shape index (κ2) is 8.46. The third-order valence-corrected chi connectivity index (χ3v) is 6.64. The molecule has 172 valence electrons. The number of imidazole rings is 1. The van der Waals surface area contributed by atoms with Gasteiger partial charge in [-0.1, -0.05) is 53.5 Å². The second-order valence-corrected chi connectivity index (χ2v) is 9.17. The lowest BCUT2D eigenvalue weighted by atomic mass is 9.92. The molecule has 0 aliphatic heterocycles. The fourth-order valence-electron chi connectivity index (χ4n) is 4.48. The average molecular weight is 501 g/mol. The summed E-state index contributed by atoms with van der Waals surface area (Å²) in [5.74, 6) is 0. The number of aliphatic hydroxyl groups excluding tert-OH is 1. The van der Waals surface area contributed by atoms with Crippen molar-refractivity contribution in [3.8, 4) is 22.4 Å². The molecule has 0 saturated heterocycles. The van der Waals surface area contributed by atoms with Gasteiger partial charge in [0.15, 0.2) is 5.65 Å². The number of pyridine rings is 1. The maximum Gasteiger partial charge on any atom is 0.189 e. The molecule has 6 rings (SSSR count). The summed E-state index contributed by atoms with van der Waals surface area (Å²) < 4.78 is 3.64. The molecule has 1 unspecified atom stereocenters. The lowest BCUT2D eigenvalue weighted by Gasteiger charge is -2.18. The van der Waals surface area contributed by atoms with Crippen LogP contribution in [0.25, 0.3) is 38.9 Å². The highest BCUT2D eigenvalue weighted by molar-refractivity contribution is 6.31. The first-order valence-electron chi connectivity index (χ1n) is 10.8. The molecule has 0 aliphatic carbocycles. The van der Waals surface area contributed by atoms with Crippen LogP contribution in [0, 0.1) is 0 Å². The molecule has 7 nitrogen and oxygen atoms in total. The number of aliphatic hydroxyl groups is 1. The van der Waals surface area contributed by atoms with E-state index in [1.165, 1.54) is 0 Å². The number of nitrogens with zero attached hydrogens (tertiary/aromatic N) is 6. The summed E-state index contributed by atoms with van der Waals surface area (Å²) in [4.78, 5) is 4.32. The van der Waals surface area contributed by atoms with Crippen LogP contribution in [-0.2, 0) is 7.05 Å². The highest BCUT2D eigenvalue weighted by Crippen LogP contribution is 2.41. The van der Waals surface area contributed by atoms with Crippen LogP contribution in [0.3, 0.4) is 0 Å². The Balaban J connectivity index is 1.71. The molecule has 0 spiro atoms. The van der Waals surface area contributed by atoms with E-state index in [2.05, 4.69) is 20.5 Å². The lowest BCUT2D eigenvalue weighted by Crippen LogP contribution is -2.03. The molecular formula is C26H18Cl2N6O. The van der Waals surface area contributed by atoms with E-state index in [1.54, 1.807) is 29.2 Å². The summed E-state index contributed by atoms with van der Waals surface area (Å²) in [6, 6.07) is 20.6. The first-order valence-corrected chi connectivity index (χ1v) is 11.6. The number of rotatable bonds is 4. The van der Waals surface area contributed by atoms with Crippen LogP contribution in [0.5, 0.6) is 0 Å². The van der Waals surface area contributed by atoms with E-state index in [-0.39, 0.29) is 0 Å².